The standard InChI is InChI=1S/C14H28N2O2/c1-11(2)16-8-4-3-5-12(16)9-14-17-10-13(18-14)6-7-15/h11-14H,3-10,15H2,1-2H3. The van der Waals surface area contributed by atoms with Crippen molar-refractivity contribution in [2.75, 3.05) is 19.7 Å². The lowest BCUT2D eigenvalue weighted by Crippen LogP contribution is -2.45. The van der Waals surface area contributed by atoms with Gasteiger partial charge >= 0.3 is 0 Å². The highest BCUT2D eigenvalue weighted by atomic mass is 16.7. The Kier molecular flexibility index (Phi) is 5.42. The van der Waals surface area contributed by atoms with Crippen molar-refractivity contribution in [3.05, 3.63) is 0 Å². The maximum Gasteiger partial charge on any atom is 0.159 e. The van der Waals surface area contributed by atoms with Crippen LogP contribution in [0.4, 0.5) is 0 Å². The molecule has 0 aliphatic carbocycles. The van der Waals surface area contributed by atoms with Gasteiger partial charge in [0.1, 0.15) is 0 Å². The third-order valence-electron chi connectivity index (χ3n) is 4.10. The summed E-state index contributed by atoms with van der Waals surface area (Å²) < 4.78 is 11.6. The molecule has 2 saturated heterocycles. The van der Waals surface area contributed by atoms with Crippen molar-refractivity contribution in [3.63, 3.8) is 0 Å². The number of rotatable bonds is 5. The van der Waals surface area contributed by atoms with E-state index in [1.54, 1.807) is 0 Å². The zero-order chi connectivity index (χ0) is 13.0. The molecule has 2 aliphatic heterocycles. The van der Waals surface area contributed by atoms with Gasteiger partial charge in [-0.2, -0.15) is 0 Å². The van der Waals surface area contributed by atoms with E-state index in [2.05, 4.69) is 18.7 Å². The van der Waals surface area contributed by atoms with Crippen LogP contribution in [0.25, 0.3) is 0 Å². The smallest absolute Gasteiger partial charge is 0.159 e. The predicted molar refractivity (Wildman–Crippen MR) is 72.4 cm³/mol. The Balaban J connectivity index is 1.81. The molecular weight excluding hydrogens is 228 g/mol. The summed E-state index contributed by atoms with van der Waals surface area (Å²) in [6.45, 7) is 7.19. The molecule has 0 bridgehead atoms. The highest BCUT2D eigenvalue weighted by molar-refractivity contribution is 4.81. The molecule has 0 amide bonds. The van der Waals surface area contributed by atoms with E-state index in [1.807, 2.05) is 0 Å². The van der Waals surface area contributed by atoms with Gasteiger partial charge in [-0.15, -0.1) is 0 Å². The van der Waals surface area contributed by atoms with Gasteiger partial charge in [0.05, 0.1) is 12.7 Å². The molecule has 106 valence electrons. The molecule has 3 unspecified atom stereocenters. The highest BCUT2D eigenvalue weighted by Crippen LogP contribution is 2.26. The summed E-state index contributed by atoms with van der Waals surface area (Å²) in [4.78, 5) is 2.60. The van der Waals surface area contributed by atoms with Crippen molar-refractivity contribution < 1.29 is 9.47 Å². The molecule has 2 fully saturated rings. The van der Waals surface area contributed by atoms with E-state index in [-0.39, 0.29) is 12.4 Å². The van der Waals surface area contributed by atoms with Crippen LogP contribution in [-0.4, -0.2) is 49.1 Å². The van der Waals surface area contributed by atoms with Crippen LogP contribution in [0, 0.1) is 0 Å². The van der Waals surface area contributed by atoms with Crippen LogP contribution in [0.3, 0.4) is 0 Å². The van der Waals surface area contributed by atoms with Gasteiger partial charge in [-0.25, -0.2) is 0 Å². The molecule has 0 radical (unpaired) electrons. The second-order valence-corrected chi connectivity index (χ2v) is 5.82. The fourth-order valence-corrected chi connectivity index (χ4v) is 3.15. The van der Waals surface area contributed by atoms with Gasteiger partial charge < -0.3 is 15.2 Å². The van der Waals surface area contributed by atoms with Crippen molar-refractivity contribution in [2.45, 2.75) is 70.4 Å². The van der Waals surface area contributed by atoms with E-state index < -0.39 is 0 Å². The first-order valence-corrected chi connectivity index (χ1v) is 7.43. The molecule has 0 saturated carbocycles. The average molecular weight is 256 g/mol. The molecule has 2 aliphatic rings. The van der Waals surface area contributed by atoms with Gasteiger partial charge in [-0.1, -0.05) is 6.42 Å². The maximum atomic E-state index is 5.90. The summed E-state index contributed by atoms with van der Waals surface area (Å²) in [5.41, 5.74) is 5.56. The van der Waals surface area contributed by atoms with E-state index in [1.165, 1.54) is 25.8 Å². The van der Waals surface area contributed by atoms with Crippen LogP contribution in [0.1, 0.15) is 46.0 Å². The topological polar surface area (TPSA) is 47.7 Å². The first kappa shape index (κ1) is 14.3. The Morgan fingerprint density at radius 3 is 2.89 bits per heavy atom. The Morgan fingerprint density at radius 1 is 1.33 bits per heavy atom. The lowest BCUT2D eigenvalue weighted by atomic mass is 9.97. The first-order chi connectivity index (χ1) is 8.70. The third kappa shape index (κ3) is 3.67. The summed E-state index contributed by atoms with van der Waals surface area (Å²) in [5, 5.41) is 0. The molecule has 4 heteroatoms. The van der Waals surface area contributed by atoms with E-state index in [0.717, 1.165) is 19.4 Å². The number of likely N-dealkylation sites (tertiary alicyclic amines) is 1. The van der Waals surface area contributed by atoms with Gasteiger partial charge in [0.25, 0.3) is 0 Å². The summed E-state index contributed by atoms with van der Waals surface area (Å²) in [7, 11) is 0. The summed E-state index contributed by atoms with van der Waals surface area (Å²) in [5.74, 6) is 0. The van der Waals surface area contributed by atoms with E-state index >= 15 is 0 Å². The molecule has 2 N–H and O–H groups in total. The molecular formula is C14H28N2O2. The Labute approximate surface area is 111 Å². The molecule has 0 aromatic heterocycles. The zero-order valence-corrected chi connectivity index (χ0v) is 11.8. The normalized spacial score (nSPS) is 34.3. The Hall–Kier alpha value is -0.160. The van der Waals surface area contributed by atoms with Crippen LogP contribution >= 0.6 is 0 Å². The fourth-order valence-electron chi connectivity index (χ4n) is 3.15. The van der Waals surface area contributed by atoms with Crippen molar-refractivity contribution in [1.82, 2.24) is 4.90 Å². The molecule has 0 aromatic rings. The number of nitrogens with two attached hydrogens (primary N) is 1. The molecule has 2 heterocycles. The average Bonchev–Trinajstić information content (AvgIpc) is 2.77. The number of hydrogen-bond donors (Lipinski definition) is 1. The van der Waals surface area contributed by atoms with Gasteiger partial charge in [0.2, 0.25) is 0 Å². The van der Waals surface area contributed by atoms with Crippen LogP contribution < -0.4 is 5.73 Å². The molecule has 0 aromatic carbocycles. The second kappa shape index (κ2) is 6.85. The minimum Gasteiger partial charge on any atom is -0.350 e. The molecule has 3 atom stereocenters. The van der Waals surface area contributed by atoms with Crippen molar-refractivity contribution in [1.29, 1.82) is 0 Å². The number of nitrogens with zero attached hydrogens (tertiary/aromatic N) is 1. The van der Waals surface area contributed by atoms with Crippen LogP contribution in [0.15, 0.2) is 0 Å². The van der Waals surface area contributed by atoms with Crippen LogP contribution in [0.2, 0.25) is 0 Å². The third-order valence-corrected chi connectivity index (χ3v) is 4.10. The minimum absolute atomic E-state index is 0.00843. The van der Waals surface area contributed by atoms with Crippen molar-refractivity contribution >= 4 is 0 Å². The Morgan fingerprint density at radius 2 is 2.17 bits per heavy atom. The van der Waals surface area contributed by atoms with E-state index in [4.69, 9.17) is 15.2 Å². The summed E-state index contributed by atoms with van der Waals surface area (Å²) >= 11 is 0. The van der Waals surface area contributed by atoms with Crippen LogP contribution in [0.5, 0.6) is 0 Å². The zero-order valence-electron chi connectivity index (χ0n) is 11.8. The number of hydrogen-bond acceptors (Lipinski definition) is 4. The SMILES string of the molecule is CC(C)N1CCCCC1CC1OCC(CCN)O1. The summed E-state index contributed by atoms with van der Waals surface area (Å²) in [6, 6.07) is 1.25. The fraction of sp³-hybridized carbons (Fsp3) is 1.00. The van der Waals surface area contributed by atoms with Crippen LogP contribution in [-0.2, 0) is 9.47 Å². The lowest BCUT2D eigenvalue weighted by Gasteiger charge is -2.39. The predicted octanol–water partition coefficient (Wildman–Crippen LogP) is 1.73. The van der Waals surface area contributed by atoms with Crippen molar-refractivity contribution in [3.8, 4) is 0 Å². The van der Waals surface area contributed by atoms with Gasteiger partial charge in [0, 0.05) is 18.5 Å². The lowest BCUT2D eigenvalue weighted by molar-refractivity contribution is -0.0825. The maximum absolute atomic E-state index is 5.90. The molecule has 4 nitrogen and oxygen atoms in total. The molecule has 2 rings (SSSR count). The monoisotopic (exact) mass is 256 g/mol. The van der Waals surface area contributed by atoms with E-state index in [0.29, 0.717) is 18.6 Å². The first-order valence-electron chi connectivity index (χ1n) is 7.43. The quantitative estimate of drug-likeness (QED) is 0.814. The Bertz CT molecular complexity index is 248. The van der Waals surface area contributed by atoms with E-state index in [9.17, 15) is 0 Å². The number of piperidine rings is 1. The summed E-state index contributed by atoms with van der Waals surface area (Å²) in [6.07, 6.45) is 6.09. The molecule has 0 spiro atoms. The highest BCUT2D eigenvalue weighted by Gasteiger charge is 2.32. The largest absolute Gasteiger partial charge is 0.350 e. The van der Waals surface area contributed by atoms with Gasteiger partial charge in [0.15, 0.2) is 6.29 Å². The van der Waals surface area contributed by atoms with Gasteiger partial charge in [-0.3, -0.25) is 4.90 Å². The molecule has 18 heavy (non-hydrogen) atoms. The van der Waals surface area contributed by atoms with Crippen molar-refractivity contribution in [2.24, 2.45) is 5.73 Å². The minimum atomic E-state index is -0.00843. The number of ether oxygens (including phenoxy) is 2. The van der Waals surface area contributed by atoms with Gasteiger partial charge in [-0.05, 0) is 46.2 Å². The second-order valence-electron chi connectivity index (χ2n) is 5.82.